The van der Waals surface area contributed by atoms with E-state index in [2.05, 4.69) is 40.1 Å². The van der Waals surface area contributed by atoms with Crippen molar-refractivity contribution in [3.05, 3.63) is 70.3 Å². The number of likely N-dealkylation sites (tertiary alicyclic amines) is 1. The average Bonchev–Trinajstić information content (AvgIpc) is 3.60. The molecule has 228 valence electrons. The Hall–Kier alpha value is -3.17. The molecule has 9 heteroatoms. The number of nitrogens with one attached hydrogen (secondary N) is 2. The zero-order valence-corrected chi connectivity index (χ0v) is 26.6. The smallest absolute Gasteiger partial charge is 0.245 e. The number of aromatic nitrogens is 1. The third-order valence-electron chi connectivity index (χ3n) is 10.5. The minimum Gasteiger partial charge on any atom is -0.391 e. The number of fused-ring (bicyclic) bond motifs is 3. The van der Waals surface area contributed by atoms with Gasteiger partial charge >= 0.3 is 0 Å². The molecule has 4 fully saturated rings. The molecular formula is C34H41BrN4O4. The summed E-state index contributed by atoms with van der Waals surface area (Å²) in [5.41, 5.74) is 3.11. The number of benzene rings is 2. The van der Waals surface area contributed by atoms with Crippen LogP contribution in [0.25, 0.3) is 10.9 Å². The summed E-state index contributed by atoms with van der Waals surface area (Å²) in [5.74, 6) is 0.291. The molecular weight excluding hydrogens is 608 g/mol. The van der Waals surface area contributed by atoms with E-state index < -0.39 is 24.1 Å². The zero-order valence-electron chi connectivity index (χ0n) is 25.1. The summed E-state index contributed by atoms with van der Waals surface area (Å²) in [5, 5.41) is 14.6. The Morgan fingerprint density at radius 3 is 2.47 bits per heavy atom. The van der Waals surface area contributed by atoms with Crippen molar-refractivity contribution in [2.24, 2.45) is 23.2 Å². The number of halogens is 1. The molecule has 4 aliphatic rings. The van der Waals surface area contributed by atoms with E-state index in [4.69, 9.17) is 0 Å². The predicted molar refractivity (Wildman–Crippen MR) is 169 cm³/mol. The molecule has 0 spiro atoms. The van der Waals surface area contributed by atoms with Crippen LogP contribution >= 0.6 is 15.9 Å². The summed E-state index contributed by atoms with van der Waals surface area (Å²) < 4.78 is 0.907. The van der Waals surface area contributed by atoms with Gasteiger partial charge in [0.1, 0.15) is 12.1 Å². The van der Waals surface area contributed by atoms with Crippen molar-refractivity contribution in [1.29, 1.82) is 0 Å². The van der Waals surface area contributed by atoms with E-state index in [9.17, 15) is 19.5 Å². The molecule has 2 heterocycles. The van der Waals surface area contributed by atoms with E-state index in [1.165, 1.54) is 6.42 Å². The van der Waals surface area contributed by atoms with Gasteiger partial charge in [-0.1, -0.05) is 66.2 Å². The van der Waals surface area contributed by atoms with Gasteiger partial charge in [0.2, 0.25) is 17.7 Å². The van der Waals surface area contributed by atoms with Crippen LogP contribution < -0.4 is 5.32 Å². The summed E-state index contributed by atoms with van der Waals surface area (Å²) >= 11 is 3.57. The number of aliphatic hydroxyl groups excluding tert-OH is 1. The number of hydrogen-bond donors (Lipinski definition) is 3. The topological polar surface area (TPSA) is 106 Å². The van der Waals surface area contributed by atoms with Gasteiger partial charge in [-0.25, -0.2) is 0 Å². The Labute approximate surface area is 261 Å². The maximum Gasteiger partial charge on any atom is 0.245 e. The van der Waals surface area contributed by atoms with Crippen molar-refractivity contribution >= 4 is 44.6 Å². The summed E-state index contributed by atoms with van der Waals surface area (Å²) in [6.07, 6.45) is 4.43. The van der Waals surface area contributed by atoms with Crippen molar-refractivity contribution in [2.75, 3.05) is 13.6 Å². The molecule has 2 aromatic carbocycles. The van der Waals surface area contributed by atoms with Crippen LogP contribution in [0.1, 0.15) is 50.7 Å². The maximum absolute atomic E-state index is 14.0. The zero-order chi connectivity index (χ0) is 30.5. The third kappa shape index (κ3) is 5.74. The number of aromatic amines is 1. The van der Waals surface area contributed by atoms with E-state index in [1.54, 1.807) is 16.8 Å². The standard InChI is InChI=1S/C34H41BrN4O4/c1-34(2)23-12-21(13-24(34)15-23)32(42)39-19-25(40)16-30(39)31(41)37-29(14-22-17-36-28-11-7-5-9-26(22)28)33(43)38(3)18-20-8-4-6-10-27(20)35/h4-11,17,21,23-25,29-30,36,40H,12-16,18-19H2,1-3H3,(H,37,41). The Bertz CT molecular complexity index is 1520. The summed E-state index contributed by atoms with van der Waals surface area (Å²) in [6, 6.07) is 14.0. The first-order valence-electron chi connectivity index (χ1n) is 15.3. The molecule has 7 rings (SSSR count). The number of hydrogen-bond acceptors (Lipinski definition) is 4. The van der Waals surface area contributed by atoms with E-state index in [1.807, 2.05) is 54.7 Å². The fourth-order valence-electron chi connectivity index (χ4n) is 7.66. The van der Waals surface area contributed by atoms with Crippen molar-refractivity contribution < 1.29 is 19.5 Å². The Balaban J connectivity index is 1.21. The van der Waals surface area contributed by atoms with Gasteiger partial charge in [-0.05, 0) is 59.8 Å². The fraction of sp³-hybridized carbons (Fsp3) is 0.500. The van der Waals surface area contributed by atoms with Crippen molar-refractivity contribution in [2.45, 2.75) is 70.7 Å². The lowest BCUT2D eigenvalue weighted by Crippen LogP contribution is -2.57. The molecule has 0 radical (unpaired) electrons. The minimum absolute atomic E-state index is 0.0348. The molecule has 1 aromatic heterocycles. The van der Waals surface area contributed by atoms with Crippen LogP contribution in [0.5, 0.6) is 0 Å². The highest BCUT2D eigenvalue weighted by Crippen LogP contribution is 2.60. The molecule has 1 aliphatic heterocycles. The van der Waals surface area contributed by atoms with Crippen LogP contribution in [-0.4, -0.2) is 69.4 Å². The van der Waals surface area contributed by atoms with Crippen LogP contribution in [0.4, 0.5) is 0 Å². The number of rotatable bonds is 8. The molecule has 3 N–H and O–H groups in total. The van der Waals surface area contributed by atoms with Gasteiger partial charge in [-0.15, -0.1) is 0 Å². The Morgan fingerprint density at radius 2 is 1.74 bits per heavy atom. The van der Waals surface area contributed by atoms with E-state index in [0.717, 1.165) is 39.3 Å². The van der Waals surface area contributed by atoms with Gasteiger partial charge < -0.3 is 25.2 Å². The molecule has 3 aliphatic carbocycles. The maximum atomic E-state index is 14.0. The lowest BCUT2D eigenvalue weighted by Gasteiger charge is -2.58. The van der Waals surface area contributed by atoms with E-state index in [0.29, 0.717) is 24.8 Å². The van der Waals surface area contributed by atoms with Gasteiger partial charge in [-0.3, -0.25) is 14.4 Å². The van der Waals surface area contributed by atoms with Crippen LogP contribution in [-0.2, 0) is 27.3 Å². The highest BCUT2D eigenvalue weighted by Gasteiger charge is 2.55. The molecule has 3 aromatic rings. The second-order valence-electron chi connectivity index (χ2n) is 13.4. The predicted octanol–water partition coefficient (Wildman–Crippen LogP) is 4.65. The number of likely N-dealkylation sites (N-methyl/N-ethyl adjacent to an activating group) is 1. The first-order valence-corrected chi connectivity index (χ1v) is 16.1. The van der Waals surface area contributed by atoms with Gasteiger partial charge in [0.25, 0.3) is 0 Å². The largest absolute Gasteiger partial charge is 0.391 e. The van der Waals surface area contributed by atoms with Crippen molar-refractivity contribution in [3.63, 3.8) is 0 Å². The number of carbonyl (C=O) groups excluding carboxylic acids is 3. The number of β-amino-alcohol motifs (C(OH)–C–C–N with tert-alkyl or cyclic N) is 1. The molecule has 2 bridgehead atoms. The van der Waals surface area contributed by atoms with Crippen LogP contribution in [0.2, 0.25) is 0 Å². The van der Waals surface area contributed by atoms with E-state index in [-0.39, 0.29) is 36.1 Å². The lowest BCUT2D eigenvalue weighted by molar-refractivity contribution is -0.153. The first kappa shape index (κ1) is 29.9. The van der Waals surface area contributed by atoms with E-state index >= 15 is 0 Å². The second kappa shape index (κ2) is 11.7. The first-order chi connectivity index (χ1) is 20.5. The highest BCUT2D eigenvalue weighted by atomic mass is 79.9. The van der Waals surface area contributed by atoms with Gasteiger partial charge in [-0.2, -0.15) is 0 Å². The monoisotopic (exact) mass is 648 g/mol. The number of carbonyl (C=O) groups is 3. The Kier molecular flexibility index (Phi) is 8.15. The van der Waals surface area contributed by atoms with Crippen molar-refractivity contribution in [3.8, 4) is 0 Å². The number of para-hydroxylation sites is 1. The van der Waals surface area contributed by atoms with Gasteiger partial charge in [0, 0.05) is 60.5 Å². The molecule has 8 nitrogen and oxygen atoms in total. The second-order valence-corrected chi connectivity index (χ2v) is 14.3. The quantitative estimate of drug-likeness (QED) is 0.331. The SMILES string of the molecule is CN(Cc1ccccc1Br)C(=O)C(Cc1c[nH]c2ccccc12)NC(=O)C1CC(O)CN1C(=O)C1CC2CC(C1)C2(C)C. The van der Waals surface area contributed by atoms with Crippen LogP contribution in [0.15, 0.2) is 59.2 Å². The number of aliphatic hydroxyl groups is 1. The highest BCUT2D eigenvalue weighted by molar-refractivity contribution is 9.10. The number of nitrogens with zero attached hydrogens (tertiary/aromatic N) is 2. The van der Waals surface area contributed by atoms with Crippen molar-refractivity contribution in [1.82, 2.24) is 20.1 Å². The molecule has 3 amide bonds. The summed E-state index contributed by atoms with van der Waals surface area (Å²) in [6.45, 7) is 5.10. The fourth-order valence-corrected chi connectivity index (χ4v) is 8.07. The normalized spacial score (nSPS) is 26.5. The molecule has 5 atom stereocenters. The molecule has 5 unspecified atom stereocenters. The molecule has 3 saturated carbocycles. The Morgan fingerprint density at radius 1 is 1.05 bits per heavy atom. The summed E-state index contributed by atoms with van der Waals surface area (Å²) in [7, 11) is 1.74. The summed E-state index contributed by atoms with van der Waals surface area (Å²) in [4.78, 5) is 48.1. The third-order valence-corrected chi connectivity index (χ3v) is 11.3. The van der Waals surface area contributed by atoms with Crippen LogP contribution in [0, 0.1) is 23.2 Å². The van der Waals surface area contributed by atoms with Gasteiger partial charge in [0.05, 0.1) is 6.10 Å². The molecule has 1 saturated heterocycles. The molecule has 43 heavy (non-hydrogen) atoms. The number of H-pyrrole nitrogens is 1. The minimum atomic E-state index is -0.850. The van der Waals surface area contributed by atoms with Gasteiger partial charge in [0.15, 0.2) is 0 Å². The average molecular weight is 650 g/mol. The van der Waals surface area contributed by atoms with Crippen LogP contribution in [0.3, 0.4) is 0 Å². The number of amides is 3. The lowest BCUT2D eigenvalue weighted by atomic mass is 9.46.